The Bertz CT molecular complexity index is 413. The van der Waals surface area contributed by atoms with E-state index in [0.29, 0.717) is 44.6 Å². The van der Waals surface area contributed by atoms with Crippen molar-refractivity contribution in [1.29, 1.82) is 0 Å². The van der Waals surface area contributed by atoms with E-state index in [1.54, 1.807) is 8.61 Å². The van der Waals surface area contributed by atoms with Crippen LogP contribution in [0.3, 0.4) is 0 Å². The maximum atomic E-state index is 13.0. The van der Waals surface area contributed by atoms with Crippen LogP contribution in [0.25, 0.3) is 0 Å². The van der Waals surface area contributed by atoms with E-state index < -0.39 is 10.2 Å². The van der Waals surface area contributed by atoms with Crippen LogP contribution in [0.5, 0.6) is 0 Å². The van der Waals surface area contributed by atoms with E-state index in [-0.39, 0.29) is 5.41 Å². The molecule has 0 amide bonds. The molecule has 5 nitrogen and oxygen atoms in total. The van der Waals surface area contributed by atoms with Crippen molar-refractivity contribution in [2.24, 2.45) is 23.0 Å². The standard InChI is InChI=1S/C15H33N3O2S/c1-6-7-17(12-15(4,5)11-16)21(19,20)18-9-13(2)8-14(3)10-18/h13-14H,6-12,16H2,1-5H3. The van der Waals surface area contributed by atoms with Crippen molar-refractivity contribution in [1.82, 2.24) is 8.61 Å². The number of nitrogens with zero attached hydrogens (tertiary/aromatic N) is 2. The zero-order chi connectivity index (χ0) is 16.3. The summed E-state index contributed by atoms with van der Waals surface area (Å²) in [5.74, 6) is 0.851. The van der Waals surface area contributed by atoms with E-state index >= 15 is 0 Å². The van der Waals surface area contributed by atoms with Crippen molar-refractivity contribution < 1.29 is 8.42 Å². The van der Waals surface area contributed by atoms with Crippen molar-refractivity contribution in [2.45, 2.75) is 47.5 Å². The van der Waals surface area contributed by atoms with Gasteiger partial charge < -0.3 is 5.73 Å². The van der Waals surface area contributed by atoms with Crippen LogP contribution in [-0.4, -0.2) is 49.8 Å². The second kappa shape index (κ2) is 7.40. The van der Waals surface area contributed by atoms with Gasteiger partial charge in [0.2, 0.25) is 0 Å². The van der Waals surface area contributed by atoms with Gasteiger partial charge in [0.25, 0.3) is 10.2 Å². The van der Waals surface area contributed by atoms with Crippen LogP contribution >= 0.6 is 0 Å². The first-order valence-electron chi connectivity index (χ1n) is 8.07. The Hall–Kier alpha value is -0.170. The van der Waals surface area contributed by atoms with Crippen molar-refractivity contribution in [3.63, 3.8) is 0 Å². The Morgan fingerprint density at radius 2 is 1.76 bits per heavy atom. The fourth-order valence-corrected chi connectivity index (χ4v) is 5.16. The average molecular weight is 320 g/mol. The lowest BCUT2D eigenvalue weighted by Gasteiger charge is -2.39. The molecule has 1 heterocycles. The third-order valence-corrected chi connectivity index (χ3v) is 6.03. The fraction of sp³-hybridized carbons (Fsp3) is 1.00. The van der Waals surface area contributed by atoms with E-state index in [9.17, 15) is 8.42 Å². The lowest BCUT2D eigenvalue weighted by atomic mass is 9.94. The fourth-order valence-electron chi connectivity index (χ4n) is 3.02. The molecule has 1 saturated heterocycles. The lowest BCUT2D eigenvalue weighted by Crippen LogP contribution is -2.52. The third kappa shape index (κ3) is 5.20. The average Bonchev–Trinajstić information content (AvgIpc) is 2.37. The number of hydrogen-bond donors (Lipinski definition) is 1. The van der Waals surface area contributed by atoms with E-state index in [1.807, 2.05) is 20.8 Å². The minimum atomic E-state index is -3.38. The topological polar surface area (TPSA) is 66.6 Å². The Morgan fingerprint density at radius 3 is 2.19 bits per heavy atom. The van der Waals surface area contributed by atoms with Gasteiger partial charge in [0.05, 0.1) is 0 Å². The summed E-state index contributed by atoms with van der Waals surface area (Å²) in [5, 5.41) is 0. The van der Waals surface area contributed by atoms with E-state index in [2.05, 4.69) is 13.8 Å². The maximum Gasteiger partial charge on any atom is 0.282 e. The zero-order valence-corrected chi connectivity index (χ0v) is 15.1. The predicted molar refractivity (Wildman–Crippen MR) is 88.1 cm³/mol. The molecule has 1 rings (SSSR count). The Morgan fingerprint density at radius 1 is 1.24 bits per heavy atom. The summed E-state index contributed by atoms with van der Waals surface area (Å²) >= 11 is 0. The molecule has 0 bridgehead atoms. The van der Waals surface area contributed by atoms with Crippen LogP contribution < -0.4 is 5.73 Å². The molecule has 1 aliphatic heterocycles. The quantitative estimate of drug-likeness (QED) is 0.779. The van der Waals surface area contributed by atoms with Gasteiger partial charge in [0, 0.05) is 26.2 Å². The Kier molecular flexibility index (Phi) is 6.65. The van der Waals surface area contributed by atoms with Gasteiger partial charge >= 0.3 is 0 Å². The molecule has 21 heavy (non-hydrogen) atoms. The van der Waals surface area contributed by atoms with Gasteiger partial charge in [-0.25, -0.2) is 0 Å². The van der Waals surface area contributed by atoms with Gasteiger partial charge in [-0.1, -0.05) is 34.6 Å². The highest BCUT2D eigenvalue weighted by atomic mass is 32.2. The molecule has 0 spiro atoms. The van der Waals surface area contributed by atoms with Gasteiger partial charge in [0.15, 0.2) is 0 Å². The second-order valence-electron chi connectivity index (χ2n) is 7.47. The highest BCUT2D eigenvalue weighted by Crippen LogP contribution is 2.26. The van der Waals surface area contributed by atoms with Crippen LogP contribution in [-0.2, 0) is 10.2 Å². The minimum Gasteiger partial charge on any atom is -0.330 e. The Labute approximate surface area is 131 Å². The molecule has 0 radical (unpaired) electrons. The van der Waals surface area contributed by atoms with Crippen LogP contribution in [0, 0.1) is 17.3 Å². The molecule has 126 valence electrons. The van der Waals surface area contributed by atoms with Gasteiger partial charge in [-0.05, 0) is 36.6 Å². The number of hydrogen-bond acceptors (Lipinski definition) is 3. The molecular weight excluding hydrogens is 286 g/mol. The molecule has 0 aromatic heterocycles. The third-order valence-electron chi connectivity index (χ3n) is 4.12. The first-order chi connectivity index (χ1) is 9.62. The first kappa shape index (κ1) is 18.9. The van der Waals surface area contributed by atoms with Crippen LogP contribution in [0.4, 0.5) is 0 Å². The second-order valence-corrected chi connectivity index (χ2v) is 9.40. The Balaban J connectivity index is 2.93. The lowest BCUT2D eigenvalue weighted by molar-refractivity contribution is 0.195. The van der Waals surface area contributed by atoms with Gasteiger partial charge in [0.1, 0.15) is 0 Å². The molecule has 2 atom stereocenters. The zero-order valence-electron chi connectivity index (χ0n) is 14.3. The molecule has 1 fully saturated rings. The van der Waals surface area contributed by atoms with Gasteiger partial charge in [-0.2, -0.15) is 17.0 Å². The highest BCUT2D eigenvalue weighted by molar-refractivity contribution is 7.86. The molecule has 0 aliphatic carbocycles. The molecule has 0 saturated carbocycles. The first-order valence-corrected chi connectivity index (χ1v) is 9.47. The van der Waals surface area contributed by atoms with E-state index in [0.717, 1.165) is 12.8 Å². The summed E-state index contributed by atoms with van der Waals surface area (Å²) in [5.41, 5.74) is 5.58. The summed E-state index contributed by atoms with van der Waals surface area (Å²) in [7, 11) is -3.38. The molecule has 2 unspecified atom stereocenters. The van der Waals surface area contributed by atoms with Crippen molar-refractivity contribution in [3.8, 4) is 0 Å². The van der Waals surface area contributed by atoms with Crippen molar-refractivity contribution >= 4 is 10.2 Å². The monoisotopic (exact) mass is 319 g/mol. The number of rotatable bonds is 7. The van der Waals surface area contributed by atoms with Gasteiger partial charge in [-0.15, -0.1) is 0 Å². The van der Waals surface area contributed by atoms with Crippen LogP contribution in [0.1, 0.15) is 47.5 Å². The van der Waals surface area contributed by atoms with Crippen LogP contribution in [0.15, 0.2) is 0 Å². The highest BCUT2D eigenvalue weighted by Gasteiger charge is 2.36. The molecule has 1 aliphatic rings. The van der Waals surface area contributed by atoms with E-state index in [4.69, 9.17) is 5.73 Å². The van der Waals surface area contributed by atoms with E-state index in [1.165, 1.54) is 0 Å². The smallest absolute Gasteiger partial charge is 0.282 e. The van der Waals surface area contributed by atoms with Gasteiger partial charge in [-0.3, -0.25) is 0 Å². The molecule has 0 aromatic rings. The summed E-state index contributed by atoms with van der Waals surface area (Å²) in [6.45, 7) is 13.1. The predicted octanol–water partition coefficient (Wildman–Crippen LogP) is 1.91. The number of piperidine rings is 1. The summed E-state index contributed by atoms with van der Waals surface area (Å²) in [6, 6.07) is 0. The minimum absolute atomic E-state index is 0.199. The number of nitrogens with two attached hydrogens (primary N) is 1. The summed E-state index contributed by atoms with van der Waals surface area (Å²) < 4.78 is 29.2. The SMILES string of the molecule is CCCN(CC(C)(C)CN)S(=O)(=O)N1CC(C)CC(C)C1. The largest absolute Gasteiger partial charge is 0.330 e. The normalized spacial score (nSPS) is 25.5. The molecular formula is C15H33N3O2S. The molecule has 6 heteroatoms. The van der Waals surface area contributed by atoms with Crippen LogP contribution in [0.2, 0.25) is 0 Å². The summed E-state index contributed by atoms with van der Waals surface area (Å²) in [4.78, 5) is 0. The molecule has 0 aromatic carbocycles. The molecule has 2 N–H and O–H groups in total. The maximum absolute atomic E-state index is 13.0. The summed E-state index contributed by atoms with van der Waals surface area (Å²) in [6.07, 6.45) is 1.92. The van der Waals surface area contributed by atoms with Crippen molar-refractivity contribution in [2.75, 3.05) is 32.7 Å². The van der Waals surface area contributed by atoms with Crippen molar-refractivity contribution in [3.05, 3.63) is 0 Å².